The number of pyridine rings is 1. The normalized spacial score (nSPS) is 10.7. The summed E-state index contributed by atoms with van der Waals surface area (Å²) in [7, 11) is 0. The molecule has 0 aliphatic heterocycles. The highest BCUT2D eigenvalue weighted by Crippen LogP contribution is 2.27. The number of nitriles is 1. The van der Waals surface area contributed by atoms with Gasteiger partial charge in [-0.3, -0.25) is 9.55 Å². The maximum absolute atomic E-state index is 13.8. The minimum atomic E-state index is -0.541. The second kappa shape index (κ2) is 6.38. The monoisotopic (exact) mass is 361 g/mol. The molecule has 8 heteroatoms. The first kappa shape index (κ1) is 16.5. The van der Waals surface area contributed by atoms with E-state index >= 15 is 0 Å². The Bertz CT molecular complexity index is 1230. The predicted molar refractivity (Wildman–Crippen MR) is 94.1 cm³/mol. The van der Waals surface area contributed by atoms with Crippen molar-refractivity contribution in [1.82, 2.24) is 19.1 Å². The Kier molecular flexibility index (Phi) is 3.90. The Morgan fingerprint density at radius 2 is 2.00 bits per heavy atom. The number of rotatable bonds is 3. The average Bonchev–Trinajstić information content (AvgIpc) is 3.22. The van der Waals surface area contributed by atoms with Crippen molar-refractivity contribution in [1.29, 1.82) is 5.26 Å². The summed E-state index contributed by atoms with van der Waals surface area (Å²) in [6.45, 7) is 1.65. The summed E-state index contributed by atoms with van der Waals surface area (Å²) < 4.78 is 21.5. The highest BCUT2D eigenvalue weighted by Gasteiger charge is 2.25. The first-order chi connectivity index (χ1) is 13.1. The van der Waals surface area contributed by atoms with Crippen LogP contribution in [0.3, 0.4) is 0 Å². The highest BCUT2D eigenvalue weighted by atomic mass is 19.1. The number of nitrogens with zero attached hydrogens (tertiary/aromatic N) is 5. The van der Waals surface area contributed by atoms with Gasteiger partial charge >= 0.3 is 5.69 Å². The van der Waals surface area contributed by atoms with Crippen LogP contribution in [-0.4, -0.2) is 19.1 Å². The lowest BCUT2D eigenvalue weighted by molar-refractivity contribution is 0.521. The van der Waals surface area contributed by atoms with Gasteiger partial charge in [0, 0.05) is 13.1 Å². The van der Waals surface area contributed by atoms with E-state index in [2.05, 4.69) is 16.0 Å². The summed E-state index contributed by atoms with van der Waals surface area (Å²) in [5, 5.41) is 9.79. The molecule has 0 atom stereocenters. The second-order valence-corrected chi connectivity index (χ2v) is 5.71. The van der Waals surface area contributed by atoms with Gasteiger partial charge in [0.1, 0.15) is 29.5 Å². The molecule has 0 unspecified atom stereocenters. The molecule has 0 fully saturated rings. The SMILES string of the molecule is Cc1nc(-c2c(C#N)n(-c3cccnc3)c(=O)n2-c2cccc(F)c2)co1. The molecule has 0 saturated carbocycles. The summed E-state index contributed by atoms with van der Waals surface area (Å²) in [4.78, 5) is 21.5. The molecular formula is C19H12FN5O2. The summed E-state index contributed by atoms with van der Waals surface area (Å²) in [5.74, 6) is -0.129. The van der Waals surface area contributed by atoms with E-state index in [4.69, 9.17) is 4.42 Å². The van der Waals surface area contributed by atoms with Gasteiger partial charge in [-0.05, 0) is 30.3 Å². The van der Waals surface area contributed by atoms with Crippen molar-refractivity contribution >= 4 is 0 Å². The number of hydrogen-bond donors (Lipinski definition) is 0. The minimum absolute atomic E-state index is 0.0468. The summed E-state index contributed by atoms with van der Waals surface area (Å²) >= 11 is 0. The fraction of sp³-hybridized carbons (Fsp3) is 0.0526. The van der Waals surface area contributed by atoms with Gasteiger partial charge in [0.05, 0.1) is 17.6 Å². The Morgan fingerprint density at radius 3 is 2.63 bits per heavy atom. The molecule has 0 aliphatic carbocycles. The third kappa shape index (κ3) is 2.71. The first-order valence-electron chi connectivity index (χ1n) is 7.97. The number of halogens is 1. The Hall–Kier alpha value is -3.99. The van der Waals surface area contributed by atoms with E-state index in [1.165, 1.54) is 39.8 Å². The van der Waals surface area contributed by atoms with E-state index < -0.39 is 11.5 Å². The van der Waals surface area contributed by atoms with Crippen molar-refractivity contribution in [3.8, 4) is 28.8 Å². The zero-order chi connectivity index (χ0) is 19.0. The quantitative estimate of drug-likeness (QED) is 0.560. The molecule has 0 amide bonds. The number of hydrogen-bond acceptors (Lipinski definition) is 5. The molecule has 0 bridgehead atoms. The van der Waals surface area contributed by atoms with Crippen LogP contribution in [0.5, 0.6) is 0 Å². The minimum Gasteiger partial charge on any atom is -0.449 e. The van der Waals surface area contributed by atoms with Crippen molar-refractivity contribution in [2.75, 3.05) is 0 Å². The van der Waals surface area contributed by atoms with Crippen molar-refractivity contribution in [3.63, 3.8) is 0 Å². The van der Waals surface area contributed by atoms with Gasteiger partial charge in [-0.2, -0.15) is 5.26 Å². The van der Waals surface area contributed by atoms with Gasteiger partial charge in [0.15, 0.2) is 11.6 Å². The van der Waals surface area contributed by atoms with Crippen LogP contribution in [0.4, 0.5) is 4.39 Å². The smallest absolute Gasteiger partial charge is 0.339 e. The molecule has 3 aromatic heterocycles. The molecule has 3 heterocycles. The van der Waals surface area contributed by atoms with Crippen molar-refractivity contribution in [3.05, 3.63) is 82.9 Å². The topological polar surface area (TPSA) is 89.6 Å². The van der Waals surface area contributed by atoms with Crippen LogP contribution in [0.2, 0.25) is 0 Å². The highest BCUT2D eigenvalue weighted by molar-refractivity contribution is 5.66. The van der Waals surface area contributed by atoms with Crippen molar-refractivity contribution in [2.45, 2.75) is 6.92 Å². The van der Waals surface area contributed by atoms with Crippen LogP contribution in [0.1, 0.15) is 11.6 Å². The number of imidazole rings is 1. The van der Waals surface area contributed by atoms with Gasteiger partial charge in [-0.15, -0.1) is 0 Å². The fourth-order valence-electron chi connectivity index (χ4n) is 2.89. The standard InChI is InChI=1S/C19H12FN5O2/c1-12-23-16(11-27-12)18-17(9-21)24(15-6-3-7-22-10-15)19(26)25(18)14-5-2-4-13(20)8-14/h2-8,10-11H,1H3. The van der Waals surface area contributed by atoms with Crippen LogP contribution in [-0.2, 0) is 0 Å². The third-order valence-corrected chi connectivity index (χ3v) is 3.99. The first-order valence-corrected chi connectivity index (χ1v) is 7.97. The van der Waals surface area contributed by atoms with E-state index in [9.17, 15) is 14.4 Å². The Labute approximate surface area is 152 Å². The number of aromatic nitrogens is 4. The van der Waals surface area contributed by atoms with Gasteiger partial charge in [0.25, 0.3) is 0 Å². The molecule has 0 aliphatic rings. The average molecular weight is 361 g/mol. The number of benzene rings is 1. The maximum atomic E-state index is 13.8. The van der Waals surface area contributed by atoms with Crippen LogP contribution >= 0.6 is 0 Å². The summed E-state index contributed by atoms with van der Waals surface area (Å²) in [6, 6.07) is 10.9. The molecule has 4 rings (SSSR count). The van der Waals surface area contributed by atoms with Crippen LogP contribution in [0.25, 0.3) is 22.8 Å². The van der Waals surface area contributed by atoms with Crippen LogP contribution in [0, 0.1) is 24.1 Å². The van der Waals surface area contributed by atoms with E-state index in [-0.39, 0.29) is 17.1 Å². The molecule has 7 nitrogen and oxygen atoms in total. The van der Waals surface area contributed by atoms with Gasteiger partial charge in [0.2, 0.25) is 0 Å². The molecule has 4 aromatic rings. The molecule has 27 heavy (non-hydrogen) atoms. The molecular weight excluding hydrogens is 349 g/mol. The van der Waals surface area contributed by atoms with E-state index in [0.717, 1.165) is 0 Å². The maximum Gasteiger partial charge on any atom is 0.339 e. The molecule has 0 radical (unpaired) electrons. The van der Waals surface area contributed by atoms with Crippen molar-refractivity contribution in [2.24, 2.45) is 0 Å². The largest absolute Gasteiger partial charge is 0.449 e. The lowest BCUT2D eigenvalue weighted by Gasteiger charge is -2.05. The van der Waals surface area contributed by atoms with Crippen molar-refractivity contribution < 1.29 is 8.81 Å². The van der Waals surface area contributed by atoms with E-state index in [1.807, 2.05) is 0 Å². The fourth-order valence-corrected chi connectivity index (χ4v) is 2.89. The van der Waals surface area contributed by atoms with Gasteiger partial charge in [-0.1, -0.05) is 6.07 Å². The zero-order valence-electron chi connectivity index (χ0n) is 14.1. The van der Waals surface area contributed by atoms with E-state index in [1.54, 1.807) is 31.3 Å². The third-order valence-electron chi connectivity index (χ3n) is 3.99. The molecule has 132 valence electrons. The molecule has 1 aromatic carbocycles. The summed E-state index contributed by atoms with van der Waals surface area (Å²) in [5.41, 5.74) is 0.707. The molecule has 0 spiro atoms. The lowest BCUT2D eigenvalue weighted by atomic mass is 10.2. The molecule has 0 N–H and O–H groups in total. The van der Waals surface area contributed by atoms with Gasteiger partial charge < -0.3 is 4.42 Å². The summed E-state index contributed by atoms with van der Waals surface area (Å²) in [6.07, 6.45) is 4.39. The molecule has 0 saturated heterocycles. The van der Waals surface area contributed by atoms with E-state index in [0.29, 0.717) is 17.3 Å². The number of aryl methyl sites for hydroxylation is 1. The van der Waals surface area contributed by atoms with Crippen LogP contribution in [0.15, 0.2) is 64.3 Å². The zero-order valence-corrected chi connectivity index (χ0v) is 14.1. The second-order valence-electron chi connectivity index (χ2n) is 5.71. The van der Waals surface area contributed by atoms with Gasteiger partial charge in [-0.25, -0.2) is 18.7 Å². The number of oxazole rings is 1. The Morgan fingerprint density at radius 1 is 1.19 bits per heavy atom. The van der Waals surface area contributed by atoms with Crippen LogP contribution < -0.4 is 5.69 Å². The predicted octanol–water partition coefficient (Wildman–Crippen LogP) is 3.00. The Balaban J connectivity index is 2.13. The lowest BCUT2D eigenvalue weighted by Crippen LogP contribution is -2.23.